The smallest absolute Gasteiger partial charge is 0.341 e. The van der Waals surface area contributed by atoms with Crippen molar-refractivity contribution in [1.29, 1.82) is 0 Å². The van der Waals surface area contributed by atoms with Crippen LogP contribution in [0.25, 0.3) is 10.2 Å². The zero-order valence-electron chi connectivity index (χ0n) is 9.90. The molecule has 0 aromatic carbocycles. The first-order valence-corrected chi connectivity index (χ1v) is 7.21. The fourth-order valence-electron chi connectivity index (χ4n) is 2.02. The maximum Gasteiger partial charge on any atom is 0.341 e. The fraction of sp³-hybridized carbons (Fsp3) is 0.385. The van der Waals surface area contributed by atoms with Gasteiger partial charge in [-0.2, -0.15) is 0 Å². The van der Waals surface area contributed by atoms with Gasteiger partial charge in [0.1, 0.15) is 5.56 Å². The molecule has 1 aliphatic rings. The van der Waals surface area contributed by atoms with Gasteiger partial charge in [-0.3, -0.25) is 4.98 Å². The third kappa shape index (κ3) is 1.89. The summed E-state index contributed by atoms with van der Waals surface area (Å²) in [6.45, 7) is 2.14. The summed E-state index contributed by atoms with van der Waals surface area (Å²) in [4.78, 5) is 16.6. The van der Waals surface area contributed by atoms with Crippen molar-refractivity contribution >= 4 is 39.1 Å². The van der Waals surface area contributed by atoms with Gasteiger partial charge >= 0.3 is 5.97 Å². The largest absolute Gasteiger partial charge is 0.462 e. The van der Waals surface area contributed by atoms with Crippen molar-refractivity contribution in [2.24, 2.45) is 0 Å². The Bertz CT molecular complexity index is 619. The summed E-state index contributed by atoms with van der Waals surface area (Å²) in [5, 5.41) is 2.44. The first kappa shape index (κ1) is 11.9. The quantitative estimate of drug-likeness (QED) is 0.798. The highest BCUT2D eigenvalue weighted by molar-refractivity contribution is 7.17. The van der Waals surface area contributed by atoms with Gasteiger partial charge in [0, 0.05) is 5.92 Å². The second-order valence-electron chi connectivity index (χ2n) is 4.32. The van der Waals surface area contributed by atoms with Crippen molar-refractivity contribution in [3.8, 4) is 0 Å². The molecule has 2 aromatic heterocycles. The lowest BCUT2D eigenvalue weighted by Crippen LogP contribution is -2.10. The van der Waals surface area contributed by atoms with E-state index in [1.807, 2.05) is 11.4 Å². The Morgan fingerprint density at radius 2 is 2.39 bits per heavy atom. The number of fused-ring (bicyclic) bond motifs is 1. The van der Waals surface area contributed by atoms with Crippen molar-refractivity contribution in [2.75, 3.05) is 6.61 Å². The summed E-state index contributed by atoms with van der Waals surface area (Å²) in [6, 6.07) is 1.94. The molecule has 0 atom stereocenters. The minimum Gasteiger partial charge on any atom is -0.462 e. The Labute approximate surface area is 114 Å². The summed E-state index contributed by atoms with van der Waals surface area (Å²) in [7, 11) is 0. The van der Waals surface area contributed by atoms with E-state index in [0.29, 0.717) is 23.1 Å². The molecule has 5 heteroatoms. The number of rotatable bonds is 3. The highest BCUT2D eigenvalue weighted by Crippen LogP contribution is 2.44. The molecule has 0 spiro atoms. The van der Waals surface area contributed by atoms with E-state index in [4.69, 9.17) is 16.3 Å². The minimum absolute atomic E-state index is 0.349. The highest BCUT2D eigenvalue weighted by Gasteiger charge is 2.33. The van der Waals surface area contributed by atoms with Crippen LogP contribution in [0.1, 0.15) is 41.7 Å². The van der Waals surface area contributed by atoms with E-state index in [2.05, 4.69) is 4.98 Å². The van der Waals surface area contributed by atoms with Crippen molar-refractivity contribution in [3.05, 3.63) is 27.7 Å². The number of hydrogen-bond donors (Lipinski definition) is 0. The summed E-state index contributed by atoms with van der Waals surface area (Å²) >= 11 is 7.86. The number of hydrogen-bond acceptors (Lipinski definition) is 4. The Morgan fingerprint density at radius 1 is 1.61 bits per heavy atom. The van der Waals surface area contributed by atoms with Crippen molar-refractivity contribution < 1.29 is 9.53 Å². The number of halogens is 1. The standard InChI is InChI=1S/C13H12ClNO2S/c1-2-17-13(16)9-10(14)12-8(5-6-18-12)15-11(9)7-3-4-7/h5-7H,2-4H2,1H3. The van der Waals surface area contributed by atoms with E-state index in [0.717, 1.165) is 28.8 Å². The number of carbonyl (C=O) groups excluding carboxylic acids is 1. The summed E-state index contributed by atoms with van der Waals surface area (Å²) in [5.41, 5.74) is 2.15. The van der Waals surface area contributed by atoms with E-state index >= 15 is 0 Å². The zero-order valence-corrected chi connectivity index (χ0v) is 11.5. The molecule has 3 nitrogen and oxygen atoms in total. The molecule has 1 fully saturated rings. The average molecular weight is 282 g/mol. The molecule has 2 aromatic rings. The van der Waals surface area contributed by atoms with Crippen LogP contribution >= 0.6 is 22.9 Å². The number of thiophene rings is 1. The molecule has 0 unspecified atom stereocenters. The number of aromatic nitrogens is 1. The molecule has 0 saturated heterocycles. The predicted molar refractivity (Wildman–Crippen MR) is 72.6 cm³/mol. The third-order valence-electron chi connectivity index (χ3n) is 3.00. The maximum absolute atomic E-state index is 12.0. The van der Waals surface area contributed by atoms with Gasteiger partial charge in [-0.05, 0) is 31.2 Å². The van der Waals surface area contributed by atoms with Gasteiger partial charge in [0.25, 0.3) is 0 Å². The van der Waals surface area contributed by atoms with Crippen molar-refractivity contribution in [2.45, 2.75) is 25.7 Å². The molecular weight excluding hydrogens is 270 g/mol. The van der Waals surface area contributed by atoms with E-state index < -0.39 is 0 Å². The summed E-state index contributed by atoms with van der Waals surface area (Å²) in [5.74, 6) is 0.0124. The van der Waals surface area contributed by atoms with Gasteiger partial charge in [0.2, 0.25) is 0 Å². The Kier molecular flexibility index (Phi) is 2.99. The molecule has 0 N–H and O–H groups in total. The topological polar surface area (TPSA) is 39.2 Å². The summed E-state index contributed by atoms with van der Waals surface area (Å²) in [6.07, 6.45) is 2.15. The number of nitrogens with zero attached hydrogens (tertiary/aromatic N) is 1. The molecule has 2 heterocycles. The van der Waals surface area contributed by atoms with Gasteiger partial charge in [0.05, 0.1) is 27.5 Å². The van der Waals surface area contributed by atoms with Gasteiger partial charge in [-0.1, -0.05) is 11.6 Å². The minimum atomic E-state index is -0.354. The second-order valence-corrected chi connectivity index (χ2v) is 5.61. The Morgan fingerprint density at radius 3 is 3.06 bits per heavy atom. The van der Waals surface area contributed by atoms with E-state index in [-0.39, 0.29) is 5.97 Å². The third-order valence-corrected chi connectivity index (χ3v) is 4.42. The average Bonchev–Trinajstić information content (AvgIpc) is 3.08. The molecule has 0 aliphatic heterocycles. The van der Waals surface area contributed by atoms with Crippen LogP contribution in [-0.2, 0) is 4.74 Å². The SMILES string of the molecule is CCOC(=O)c1c(C2CC2)nc2ccsc2c1Cl. The predicted octanol–water partition coefficient (Wildman–Crippen LogP) is 4.00. The van der Waals surface area contributed by atoms with E-state index in [1.165, 1.54) is 11.3 Å². The van der Waals surface area contributed by atoms with Crippen LogP contribution in [-0.4, -0.2) is 17.6 Å². The maximum atomic E-state index is 12.0. The van der Waals surface area contributed by atoms with Gasteiger partial charge in [-0.25, -0.2) is 4.79 Å². The fourth-order valence-corrected chi connectivity index (χ4v) is 3.19. The zero-order chi connectivity index (χ0) is 12.7. The molecule has 1 saturated carbocycles. The number of pyridine rings is 1. The molecule has 0 bridgehead atoms. The van der Waals surface area contributed by atoms with E-state index in [1.54, 1.807) is 6.92 Å². The van der Waals surface area contributed by atoms with Crippen LogP contribution in [0, 0.1) is 0 Å². The molecule has 1 aliphatic carbocycles. The number of esters is 1. The van der Waals surface area contributed by atoms with Crippen LogP contribution in [0.2, 0.25) is 5.02 Å². The highest BCUT2D eigenvalue weighted by atomic mass is 35.5. The number of ether oxygens (including phenoxy) is 1. The Hall–Kier alpha value is -1.13. The van der Waals surface area contributed by atoms with Gasteiger partial charge < -0.3 is 4.74 Å². The molecule has 0 amide bonds. The lowest BCUT2D eigenvalue weighted by atomic mass is 10.1. The lowest BCUT2D eigenvalue weighted by Gasteiger charge is -2.10. The summed E-state index contributed by atoms with van der Waals surface area (Å²) < 4.78 is 5.96. The lowest BCUT2D eigenvalue weighted by molar-refractivity contribution is 0.0525. The molecule has 3 rings (SSSR count). The first-order chi connectivity index (χ1) is 8.72. The number of carbonyl (C=O) groups is 1. The van der Waals surface area contributed by atoms with Gasteiger partial charge in [0.15, 0.2) is 0 Å². The monoisotopic (exact) mass is 281 g/mol. The van der Waals surface area contributed by atoms with Crippen molar-refractivity contribution in [1.82, 2.24) is 4.98 Å². The normalized spacial score (nSPS) is 15.0. The van der Waals surface area contributed by atoms with Crippen LogP contribution in [0.4, 0.5) is 0 Å². The first-order valence-electron chi connectivity index (χ1n) is 5.96. The van der Waals surface area contributed by atoms with Crippen LogP contribution in [0.5, 0.6) is 0 Å². The van der Waals surface area contributed by atoms with Gasteiger partial charge in [-0.15, -0.1) is 11.3 Å². The van der Waals surface area contributed by atoms with Crippen molar-refractivity contribution in [3.63, 3.8) is 0 Å². The molecule has 0 radical (unpaired) electrons. The Balaban J connectivity index is 2.21. The molecule has 94 valence electrons. The van der Waals surface area contributed by atoms with Crippen LogP contribution in [0.15, 0.2) is 11.4 Å². The molecular formula is C13H12ClNO2S. The second kappa shape index (κ2) is 4.52. The van der Waals surface area contributed by atoms with Crippen LogP contribution < -0.4 is 0 Å². The molecule has 18 heavy (non-hydrogen) atoms. The van der Waals surface area contributed by atoms with E-state index in [9.17, 15) is 4.79 Å². The van der Waals surface area contributed by atoms with Crippen LogP contribution in [0.3, 0.4) is 0 Å².